The zero-order valence-corrected chi connectivity index (χ0v) is 36.7. The molecule has 0 aliphatic rings. The molecule has 308 valence electrons. The molecule has 0 aliphatic carbocycles. The van der Waals surface area contributed by atoms with Gasteiger partial charge in [-0.1, -0.05) is 188 Å². The number of rotatable bonds is 5. The van der Waals surface area contributed by atoms with Crippen LogP contribution in [0.1, 0.15) is 18.1 Å². The Kier molecular flexibility index (Phi) is 8.69. The maximum Gasteiger partial charge on any atom is 0.0794 e. The average Bonchev–Trinajstić information content (AvgIpc) is 3.38. The molecule has 0 aliphatic heterocycles. The van der Waals surface area contributed by atoms with Gasteiger partial charge in [0.2, 0.25) is 0 Å². The highest BCUT2D eigenvalue weighted by atomic mass is 14.7. The fourth-order valence-corrected chi connectivity index (χ4v) is 10.6. The standard InChI is InChI=1S/C64H42N2/c1-39-15-3-14-26-62(39)65-40(2)41-27-29-42(30-28-41)57-37-61-58(43-31-33-54-49-20-6-4-16-45(49)47-18-8-10-22-51(47)59(54)35-43)38-63(66-64(61)56-25-13-12-24-53(56)57)44-32-34-55-50-21-7-5-17-46(50)48-19-9-11-23-52(48)60(55)36-44/h3-38H,1-2H3. The van der Waals surface area contributed by atoms with Crippen LogP contribution in [-0.2, 0) is 0 Å². The van der Waals surface area contributed by atoms with Gasteiger partial charge in [0.05, 0.1) is 16.9 Å². The number of hydrogen-bond donors (Lipinski definition) is 0. The molecule has 2 heteroatoms. The topological polar surface area (TPSA) is 25.2 Å². The van der Waals surface area contributed by atoms with E-state index in [1.807, 2.05) is 6.07 Å². The summed E-state index contributed by atoms with van der Waals surface area (Å²) in [5, 5.41) is 18.5. The van der Waals surface area contributed by atoms with Gasteiger partial charge < -0.3 is 0 Å². The van der Waals surface area contributed by atoms with Crippen LogP contribution >= 0.6 is 0 Å². The van der Waals surface area contributed by atoms with Crippen LogP contribution in [0.5, 0.6) is 0 Å². The Balaban J connectivity index is 1.07. The predicted octanol–water partition coefficient (Wildman–Crippen LogP) is 17.8. The number of benzene rings is 12. The van der Waals surface area contributed by atoms with Crippen LogP contribution in [0.4, 0.5) is 5.69 Å². The molecule has 0 N–H and O–H groups in total. The van der Waals surface area contributed by atoms with Crippen LogP contribution < -0.4 is 0 Å². The summed E-state index contributed by atoms with van der Waals surface area (Å²) < 4.78 is 0. The van der Waals surface area contributed by atoms with E-state index >= 15 is 0 Å². The SMILES string of the molecule is CC(=Nc1ccccc1C)c1ccc(-c2cc3c(-c4ccc5c6ccccc6c6ccccc6c5c4)cc(-c4ccc5c6ccccc6c6ccccc6c5c4)nc3c3ccccc23)cc1. The van der Waals surface area contributed by atoms with Gasteiger partial charge in [0.1, 0.15) is 0 Å². The van der Waals surface area contributed by atoms with Crippen molar-refractivity contribution in [3.8, 4) is 33.5 Å². The van der Waals surface area contributed by atoms with E-state index < -0.39 is 0 Å². The minimum Gasteiger partial charge on any atom is -0.253 e. The largest absolute Gasteiger partial charge is 0.253 e. The Morgan fingerprint density at radius 2 is 0.742 bits per heavy atom. The molecule has 12 aromatic carbocycles. The summed E-state index contributed by atoms with van der Waals surface area (Å²) in [6.07, 6.45) is 0. The van der Waals surface area contributed by atoms with Crippen molar-refractivity contribution in [2.45, 2.75) is 13.8 Å². The van der Waals surface area contributed by atoms with E-state index in [2.05, 4.69) is 226 Å². The fourth-order valence-electron chi connectivity index (χ4n) is 10.6. The third kappa shape index (κ3) is 6.03. The molecular formula is C64H42N2. The fraction of sp³-hybridized carbons (Fsp3) is 0.0312. The van der Waals surface area contributed by atoms with Crippen molar-refractivity contribution in [2.75, 3.05) is 0 Å². The molecule has 66 heavy (non-hydrogen) atoms. The Labute approximate surface area is 382 Å². The number of para-hydroxylation sites is 1. The molecule has 0 atom stereocenters. The molecule has 13 aromatic rings. The molecular weight excluding hydrogens is 797 g/mol. The summed E-state index contributed by atoms with van der Waals surface area (Å²) >= 11 is 0. The first-order valence-electron chi connectivity index (χ1n) is 22.8. The van der Waals surface area contributed by atoms with Crippen molar-refractivity contribution in [3.05, 3.63) is 230 Å². The Hall–Kier alpha value is -8.46. The smallest absolute Gasteiger partial charge is 0.0794 e. The van der Waals surface area contributed by atoms with Crippen molar-refractivity contribution < 1.29 is 0 Å². The van der Waals surface area contributed by atoms with Gasteiger partial charge in [-0.3, -0.25) is 4.99 Å². The summed E-state index contributed by atoms with van der Waals surface area (Å²) in [6, 6.07) is 80.0. The summed E-state index contributed by atoms with van der Waals surface area (Å²) in [6.45, 7) is 4.21. The highest BCUT2D eigenvalue weighted by Gasteiger charge is 2.19. The lowest BCUT2D eigenvalue weighted by Crippen LogP contribution is -1.96. The second-order valence-corrected chi connectivity index (χ2v) is 17.7. The molecule has 0 saturated heterocycles. The first kappa shape index (κ1) is 38.0. The van der Waals surface area contributed by atoms with E-state index in [1.165, 1.54) is 81.1 Å². The van der Waals surface area contributed by atoms with Crippen molar-refractivity contribution in [1.82, 2.24) is 4.98 Å². The molecule has 0 bridgehead atoms. The van der Waals surface area contributed by atoms with Gasteiger partial charge in [-0.2, -0.15) is 0 Å². The summed E-state index contributed by atoms with van der Waals surface area (Å²) in [4.78, 5) is 10.7. The van der Waals surface area contributed by atoms with Gasteiger partial charge in [0, 0.05) is 22.0 Å². The number of aliphatic imine (C=N–C) groups is 1. The van der Waals surface area contributed by atoms with E-state index in [0.717, 1.165) is 61.2 Å². The number of fused-ring (bicyclic) bond motifs is 15. The van der Waals surface area contributed by atoms with Gasteiger partial charge in [-0.15, -0.1) is 0 Å². The lowest BCUT2D eigenvalue weighted by atomic mass is 9.88. The van der Waals surface area contributed by atoms with Crippen molar-refractivity contribution >= 4 is 97.7 Å². The molecule has 0 fully saturated rings. The van der Waals surface area contributed by atoms with Crippen LogP contribution in [0.15, 0.2) is 223 Å². The van der Waals surface area contributed by atoms with Crippen LogP contribution in [0.3, 0.4) is 0 Å². The second kappa shape index (κ2) is 15.1. The normalized spacial score (nSPS) is 12.2. The van der Waals surface area contributed by atoms with Crippen molar-refractivity contribution in [2.24, 2.45) is 4.99 Å². The maximum atomic E-state index is 5.67. The molecule has 0 unspecified atom stereocenters. The summed E-state index contributed by atoms with van der Waals surface area (Å²) in [5.74, 6) is 0. The maximum absolute atomic E-state index is 5.67. The number of aromatic nitrogens is 1. The van der Waals surface area contributed by atoms with E-state index in [9.17, 15) is 0 Å². The number of hydrogen-bond acceptors (Lipinski definition) is 2. The highest BCUT2D eigenvalue weighted by Crippen LogP contribution is 2.44. The van der Waals surface area contributed by atoms with E-state index in [4.69, 9.17) is 9.98 Å². The molecule has 2 nitrogen and oxygen atoms in total. The van der Waals surface area contributed by atoms with Crippen LogP contribution in [0, 0.1) is 6.92 Å². The van der Waals surface area contributed by atoms with Crippen molar-refractivity contribution in [3.63, 3.8) is 0 Å². The summed E-state index contributed by atoms with van der Waals surface area (Å²) in [5.41, 5.74) is 11.9. The molecule has 0 amide bonds. The number of pyridine rings is 1. The minimum atomic E-state index is 0.950. The zero-order chi connectivity index (χ0) is 43.9. The third-order valence-corrected chi connectivity index (χ3v) is 13.9. The van der Waals surface area contributed by atoms with Crippen LogP contribution in [0.25, 0.3) is 120 Å². The van der Waals surface area contributed by atoms with E-state index in [0.29, 0.717) is 0 Å². The molecule has 1 aromatic heterocycles. The highest BCUT2D eigenvalue weighted by molar-refractivity contribution is 6.27. The Morgan fingerprint density at radius 3 is 1.29 bits per heavy atom. The molecule has 1 heterocycles. The number of nitrogens with zero attached hydrogens (tertiary/aromatic N) is 2. The first-order valence-corrected chi connectivity index (χ1v) is 22.8. The molecule has 0 radical (unpaired) electrons. The lowest BCUT2D eigenvalue weighted by molar-refractivity contribution is 1.38. The Morgan fingerprint density at radius 1 is 0.333 bits per heavy atom. The van der Waals surface area contributed by atoms with Gasteiger partial charge in [-0.05, 0) is 148 Å². The predicted molar refractivity (Wildman–Crippen MR) is 284 cm³/mol. The van der Waals surface area contributed by atoms with Gasteiger partial charge in [0.25, 0.3) is 0 Å². The first-order chi connectivity index (χ1) is 32.6. The van der Waals surface area contributed by atoms with Crippen LogP contribution in [0.2, 0.25) is 0 Å². The minimum absolute atomic E-state index is 0.950. The van der Waals surface area contributed by atoms with Crippen LogP contribution in [-0.4, -0.2) is 10.7 Å². The third-order valence-electron chi connectivity index (χ3n) is 13.9. The van der Waals surface area contributed by atoms with Gasteiger partial charge >= 0.3 is 0 Å². The second-order valence-electron chi connectivity index (χ2n) is 17.7. The molecule has 0 spiro atoms. The zero-order valence-electron chi connectivity index (χ0n) is 36.7. The van der Waals surface area contributed by atoms with Gasteiger partial charge in [0.15, 0.2) is 0 Å². The van der Waals surface area contributed by atoms with Crippen molar-refractivity contribution in [1.29, 1.82) is 0 Å². The lowest BCUT2D eigenvalue weighted by Gasteiger charge is -2.17. The average molecular weight is 839 g/mol. The molecule has 13 rings (SSSR count). The summed E-state index contributed by atoms with van der Waals surface area (Å²) in [7, 11) is 0. The quantitative estimate of drug-likeness (QED) is 0.125. The monoisotopic (exact) mass is 838 g/mol. The van der Waals surface area contributed by atoms with E-state index in [-0.39, 0.29) is 0 Å². The Bertz CT molecular complexity index is 4110. The van der Waals surface area contributed by atoms with Gasteiger partial charge in [-0.25, -0.2) is 4.98 Å². The molecule has 0 saturated carbocycles. The number of aryl methyl sites for hydroxylation is 1. The van der Waals surface area contributed by atoms with E-state index in [1.54, 1.807) is 0 Å².